The van der Waals surface area contributed by atoms with Gasteiger partial charge < -0.3 is 10.3 Å². The van der Waals surface area contributed by atoms with Crippen LogP contribution >= 0.6 is 0 Å². The Kier molecular flexibility index (Phi) is 3.86. The van der Waals surface area contributed by atoms with Crippen LogP contribution in [-0.4, -0.2) is 9.13 Å². The molecule has 1 aromatic carbocycles. The number of benzene rings is 1. The molecular weight excluding hydrogens is 250 g/mol. The Morgan fingerprint density at radius 2 is 1.75 bits per heavy atom. The molecule has 0 radical (unpaired) electrons. The molecule has 4 nitrogen and oxygen atoms in total. The van der Waals surface area contributed by atoms with E-state index in [0.29, 0.717) is 6.54 Å². The maximum atomic E-state index is 11.8. The fraction of sp³-hybridized carbons (Fsp3) is 0.438. The first-order chi connectivity index (χ1) is 9.29. The zero-order valence-electron chi connectivity index (χ0n) is 12.6. The number of nitrogens with two attached hydrogens (primary N) is 1. The molecule has 0 aliphatic carbocycles. The van der Waals surface area contributed by atoms with Crippen molar-refractivity contribution >= 4 is 0 Å². The van der Waals surface area contributed by atoms with Crippen molar-refractivity contribution in [1.29, 1.82) is 0 Å². The number of rotatable bonds is 3. The number of nitrogens with zero attached hydrogens (tertiary/aromatic N) is 2. The summed E-state index contributed by atoms with van der Waals surface area (Å²) in [5.41, 5.74) is 8.63. The highest BCUT2D eigenvalue weighted by Gasteiger charge is 2.14. The van der Waals surface area contributed by atoms with Crippen LogP contribution in [0.15, 0.2) is 41.5 Å². The predicted octanol–water partition coefficient (Wildman–Crippen LogP) is 2.18. The summed E-state index contributed by atoms with van der Waals surface area (Å²) in [7, 11) is 1.74. The highest BCUT2D eigenvalue weighted by atomic mass is 16.1. The van der Waals surface area contributed by atoms with Gasteiger partial charge in [-0.15, -0.1) is 0 Å². The zero-order valence-corrected chi connectivity index (χ0v) is 12.6. The van der Waals surface area contributed by atoms with E-state index in [1.165, 1.54) is 5.56 Å². The Morgan fingerprint density at radius 3 is 2.20 bits per heavy atom. The van der Waals surface area contributed by atoms with E-state index in [4.69, 9.17) is 5.73 Å². The van der Waals surface area contributed by atoms with Gasteiger partial charge in [0.2, 0.25) is 0 Å². The van der Waals surface area contributed by atoms with Gasteiger partial charge in [0.15, 0.2) is 0 Å². The molecule has 2 rings (SSSR count). The highest BCUT2D eigenvalue weighted by Crippen LogP contribution is 2.23. The van der Waals surface area contributed by atoms with E-state index in [1.807, 2.05) is 0 Å². The molecule has 20 heavy (non-hydrogen) atoms. The lowest BCUT2D eigenvalue weighted by Crippen LogP contribution is -2.27. The van der Waals surface area contributed by atoms with Gasteiger partial charge >= 0.3 is 5.69 Å². The van der Waals surface area contributed by atoms with Crippen LogP contribution < -0.4 is 11.4 Å². The van der Waals surface area contributed by atoms with E-state index in [-0.39, 0.29) is 17.1 Å². The monoisotopic (exact) mass is 273 g/mol. The Bertz CT molecular complexity index is 629. The molecular formula is C16H23N3O. The molecule has 1 unspecified atom stereocenters. The van der Waals surface area contributed by atoms with E-state index in [9.17, 15) is 4.79 Å². The van der Waals surface area contributed by atoms with Crippen molar-refractivity contribution in [3.05, 3.63) is 58.3 Å². The van der Waals surface area contributed by atoms with Crippen molar-refractivity contribution in [2.24, 2.45) is 12.8 Å². The molecule has 0 fully saturated rings. The zero-order chi connectivity index (χ0) is 14.9. The first kappa shape index (κ1) is 14.6. The molecule has 2 N–H and O–H groups in total. The minimum absolute atomic E-state index is 0.0354. The Labute approximate surface area is 119 Å². The second kappa shape index (κ2) is 5.29. The van der Waals surface area contributed by atoms with Crippen molar-refractivity contribution in [2.45, 2.75) is 38.8 Å². The Morgan fingerprint density at radius 1 is 1.15 bits per heavy atom. The first-order valence-electron chi connectivity index (χ1n) is 6.87. The van der Waals surface area contributed by atoms with Gasteiger partial charge in [-0.1, -0.05) is 45.0 Å². The first-order valence-corrected chi connectivity index (χ1v) is 6.87. The second-order valence-corrected chi connectivity index (χ2v) is 6.32. The van der Waals surface area contributed by atoms with Gasteiger partial charge in [0, 0.05) is 32.0 Å². The minimum Gasteiger partial charge on any atom is -0.322 e. The summed E-state index contributed by atoms with van der Waals surface area (Å²) in [6.07, 6.45) is 3.52. The molecule has 0 spiro atoms. The van der Waals surface area contributed by atoms with Gasteiger partial charge in [-0.3, -0.25) is 4.57 Å². The quantitative estimate of drug-likeness (QED) is 0.932. The Balaban J connectivity index is 2.16. The molecule has 0 amide bonds. The maximum absolute atomic E-state index is 11.8. The molecule has 0 aliphatic rings. The van der Waals surface area contributed by atoms with Crippen LogP contribution in [-0.2, 0) is 19.0 Å². The molecule has 108 valence electrons. The third kappa shape index (κ3) is 3.02. The summed E-state index contributed by atoms with van der Waals surface area (Å²) in [4.78, 5) is 11.8. The number of hydrogen-bond acceptors (Lipinski definition) is 2. The van der Waals surface area contributed by atoms with Crippen molar-refractivity contribution in [3.8, 4) is 0 Å². The fourth-order valence-electron chi connectivity index (χ4n) is 2.20. The van der Waals surface area contributed by atoms with Gasteiger partial charge in [-0.05, 0) is 16.5 Å². The minimum atomic E-state index is -0.177. The average Bonchev–Trinajstić information content (AvgIpc) is 2.70. The number of hydrogen-bond donors (Lipinski definition) is 1. The van der Waals surface area contributed by atoms with Crippen molar-refractivity contribution < 1.29 is 0 Å². The lowest BCUT2D eigenvalue weighted by Gasteiger charge is -2.20. The number of aryl methyl sites for hydroxylation is 1. The van der Waals surface area contributed by atoms with Crippen molar-refractivity contribution in [1.82, 2.24) is 9.13 Å². The van der Waals surface area contributed by atoms with Crippen LogP contribution in [0.4, 0.5) is 0 Å². The Hall–Kier alpha value is -1.81. The van der Waals surface area contributed by atoms with Gasteiger partial charge in [-0.25, -0.2) is 4.79 Å². The summed E-state index contributed by atoms with van der Waals surface area (Å²) in [6, 6.07) is 8.16. The van der Waals surface area contributed by atoms with Gasteiger partial charge in [-0.2, -0.15) is 0 Å². The molecule has 2 aromatic rings. The van der Waals surface area contributed by atoms with E-state index in [0.717, 1.165) is 5.56 Å². The summed E-state index contributed by atoms with van der Waals surface area (Å²) < 4.78 is 3.19. The van der Waals surface area contributed by atoms with Crippen molar-refractivity contribution in [2.75, 3.05) is 0 Å². The van der Waals surface area contributed by atoms with Gasteiger partial charge in [0.25, 0.3) is 0 Å². The normalized spacial score (nSPS) is 13.4. The van der Waals surface area contributed by atoms with E-state index < -0.39 is 0 Å². The number of imidazole rings is 1. The summed E-state index contributed by atoms with van der Waals surface area (Å²) >= 11 is 0. The highest BCUT2D eigenvalue weighted by molar-refractivity contribution is 5.29. The van der Waals surface area contributed by atoms with Crippen LogP contribution in [0.25, 0.3) is 0 Å². The van der Waals surface area contributed by atoms with Gasteiger partial charge in [0.05, 0.1) is 0 Å². The largest absolute Gasteiger partial charge is 0.327 e. The second-order valence-electron chi connectivity index (χ2n) is 6.32. The van der Waals surface area contributed by atoms with Crippen LogP contribution in [0.5, 0.6) is 0 Å². The van der Waals surface area contributed by atoms with Gasteiger partial charge in [0.1, 0.15) is 0 Å². The summed E-state index contributed by atoms with van der Waals surface area (Å²) in [5, 5.41) is 0. The van der Waals surface area contributed by atoms with E-state index in [2.05, 4.69) is 45.0 Å². The van der Waals surface area contributed by atoms with E-state index >= 15 is 0 Å². The third-order valence-corrected chi connectivity index (χ3v) is 3.62. The predicted molar refractivity (Wildman–Crippen MR) is 81.7 cm³/mol. The van der Waals surface area contributed by atoms with Crippen LogP contribution in [0.1, 0.15) is 37.9 Å². The maximum Gasteiger partial charge on any atom is 0.327 e. The lowest BCUT2D eigenvalue weighted by atomic mass is 9.86. The fourth-order valence-corrected chi connectivity index (χ4v) is 2.20. The topological polar surface area (TPSA) is 52.9 Å². The van der Waals surface area contributed by atoms with E-state index in [1.54, 1.807) is 28.6 Å². The SMILES string of the molecule is Cn1ccn(CC(N)c2ccc(C(C)(C)C)cc2)c1=O. The van der Waals surface area contributed by atoms with Crippen LogP contribution in [0.3, 0.4) is 0 Å². The lowest BCUT2D eigenvalue weighted by molar-refractivity contribution is 0.552. The molecule has 0 aliphatic heterocycles. The molecule has 0 bridgehead atoms. The molecule has 0 saturated heterocycles. The summed E-state index contributed by atoms with van der Waals surface area (Å²) in [5.74, 6) is 0. The standard InChI is InChI=1S/C16H23N3O/c1-16(2,3)13-7-5-12(6-8-13)14(17)11-19-10-9-18(4)15(19)20/h5-10,14H,11,17H2,1-4H3. The number of aromatic nitrogens is 2. The average molecular weight is 273 g/mol. The molecule has 4 heteroatoms. The third-order valence-electron chi connectivity index (χ3n) is 3.62. The van der Waals surface area contributed by atoms with Crippen LogP contribution in [0.2, 0.25) is 0 Å². The summed E-state index contributed by atoms with van der Waals surface area (Å²) in [6.45, 7) is 7.05. The molecule has 0 saturated carbocycles. The molecule has 1 heterocycles. The molecule has 1 aromatic heterocycles. The smallest absolute Gasteiger partial charge is 0.322 e. The van der Waals surface area contributed by atoms with Crippen LogP contribution in [0, 0.1) is 0 Å². The molecule has 1 atom stereocenters. The van der Waals surface area contributed by atoms with Crippen molar-refractivity contribution in [3.63, 3.8) is 0 Å².